The first-order valence-electron chi connectivity index (χ1n) is 9.88. The van der Waals surface area contributed by atoms with Gasteiger partial charge < -0.3 is 10.2 Å². The summed E-state index contributed by atoms with van der Waals surface area (Å²) in [7, 11) is 0. The third-order valence-corrected chi connectivity index (χ3v) is 6.48. The molecular weight excluding hydrogens is 405 g/mol. The largest absolute Gasteiger partial charge is 0.410 e. The Labute approximate surface area is 170 Å². The fourth-order valence-electron chi connectivity index (χ4n) is 4.15. The second kappa shape index (κ2) is 7.58. The predicted molar refractivity (Wildman–Crippen MR) is 102 cm³/mol. The number of aryl methyl sites for hydroxylation is 1. The molecule has 3 atom stereocenters. The quantitative estimate of drug-likeness (QED) is 0.798. The molecule has 0 aromatic carbocycles. The number of nitrogens with zero attached hydrogens (tertiary/aromatic N) is 5. The van der Waals surface area contributed by atoms with Crippen LogP contribution < -0.4 is 5.32 Å². The highest BCUT2D eigenvalue weighted by molar-refractivity contribution is 7.08. The molecule has 4 rings (SSSR count). The van der Waals surface area contributed by atoms with Crippen molar-refractivity contribution >= 4 is 23.3 Å². The number of likely N-dealkylation sites (tertiary alicyclic amines) is 1. The highest BCUT2D eigenvalue weighted by atomic mass is 32.1. The average molecular weight is 428 g/mol. The molecular formula is C18H23F3N6OS. The van der Waals surface area contributed by atoms with Gasteiger partial charge in [-0.3, -0.25) is 4.79 Å². The summed E-state index contributed by atoms with van der Waals surface area (Å²) in [5.74, 6) is 0.200. The van der Waals surface area contributed by atoms with Gasteiger partial charge in [0.15, 0.2) is 6.04 Å². The lowest BCUT2D eigenvalue weighted by Gasteiger charge is -2.32. The van der Waals surface area contributed by atoms with E-state index in [2.05, 4.69) is 20.0 Å². The summed E-state index contributed by atoms with van der Waals surface area (Å²) in [6.07, 6.45) is -1.77. The Morgan fingerprint density at radius 1 is 1.38 bits per heavy atom. The highest BCUT2D eigenvalue weighted by Crippen LogP contribution is 2.42. The molecule has 2 aliphatic rings. The fourth-order valence-corrected chi connectivity index (χ4v) is 4.86. The van der Waals surface area contributed by atoms with Crippen LogP contribution in [0.2, 0.25) is 0 Å². The van der Waals surface area contributed by atoms with E-state index in [0.717, 1.165) is 22.6 Å². The van der Waals surface area contributed by atoms with Gasteiger partial charge in [-0.15, -0.1) is 5.10 Å². The zero-order chi connectivity index (χ0) is 20.8. The molecule has 1 fully saturated rings. The number of nitrogens with one attached hydrogen (secondary N) is 1. The van der Waals surface area contributed by atoms with Gasteiger partial charge in [0.1, 0.15) is 10.7 Å². The molecule has 0 bridgehead atoms. The molecule has 2 aromatic rings. The number of amides is 1. The van der Waals surface area contributed by atoms with Crippen molar-refractivity contribution in [3.63, 3.8) is 0 Å². The van der Waals surface area contributed by atoms with Crippen molar-refractivity contribution in [1.82, 2.24) is 24.3 Å². The number of hydrogen-bond acceptors (Lipinski definition) is 6. The summed E-state index contributed by atoms with van der Waals surface area (Å²) < 4.78 is 45.8. The zero-order valence-corrected chi connectivity index (χ0v) is 17.1. The van der Waals surface area contributed by atoms with Crippen molar-refractivity contribution in [2.24, 2.45) is 0 Å². The van der Waals surface area contributed by atoms with Gasteiger partial charge in [-0.2, -0.15) is 18.3 Å². The maximum atomic E-state index is 13.6. The van der Waals surface area contributed by atoms with Crippen LogP contribution in [-0.4, -0.2) is 48.9 Å². The van der Waals surface area contributed by atoms with E-state index in [-0.39, 0.29) is 24.4 Å². The molecule has 1 saturated heterocycles. The Balaban J connectivity index is 1.65. The van der Waals surface area contributed by atoms with Crippen molar-refractivity contribution < 1.29 is 18.0 Å². The number of alkyl halides is 3. The highest BCUT2D eigenvalue weighted by Gasteiger charge is 2.46. The Morgan fingerprint density at radius 3 is 2.86 bits per heavy atom. The smallest absolute Gasteiger partial charge is 0.367 e. The number of carbonyl (C=O) groups excluding carboxylic acids is 1. The van der Waals surface area contributed by atoms with Crippen LogP contribution in [0.4, 0.5) is 19.0 Å². The van der Waals surface area contributed by atoms with Crippen LogP contribution in [0.25, 0.3) is 0 Å². The predicted octanol–water partition coefficient (Wildman–Crippen LogP) is 3.97. The van der Waals surface area contributed by atoms with Gasteiger partial charge in [0.05, 0.1) is 17.4 Å². The number of anilines is 1. The standard InChI is InChI=1S/C18H23F3N6OS/c1-3-10-8-14(18(19,20)21)27-15(22-10)9-12(24-27)13-6-5-7-26(13)17(28)16-11(4-2)23-25-29-16/h9-10,13-14,22H,3-8H2,1-2H3/t10-,13+,14-/m1/s1. The van der Waals surface area contributed by atoms with E-state index in [0.29, 0.717) is 47.9 Å². The number of hydrogen-bond donors (Lipinski definition) is 1. The van der Waals surface area contributed by atoms with Crippen LogP contribution in [0.1, 0.15) is 72.7 Å². The van der Waals surface area contributed by atoms with Gasteiger partial charge in [-0.25, -0.2) is 4.68 Å². The Bertz CT molecular complexity index is 895. The van der Waals surface area contributed by atoms with E-state index in [4.69, 9.17) is 0 Å². The number of halogens is 3. The Hall–Kier alpha value is -2.17. The summed E-state index contributed by atoms with van der Waals surface area (Å²) in [6.45, 7) is 4.32. The molecule has 4 heterocycles. The fraction of sp³-hybridized carbons (Fsp3) is 0.667. The van der Waals surface area contributed by atoms with Crippen LogP contribution in [0.3, 0.4) is 0 Å². The lowest BCUT2D eigenvalue weighted by molar-refractivity contribution is -0.173. The third kappa shape index (κ3) is 3.60. The second-order valence-corrected chi connectivity index (χ2v) is 8.25. The minimum Gasteiger partial charge on any atom is -0.367 e. The van der Waals surface area contributed by atoms with Gasteiger partial charge in [0.25, 0.3) is 5.91 Å². The third-order valence-electron chi connectivity index (χ3n) is 5.72. The number of rotatable bonds is 4. The number of fused-ring (bicyclic) bond motifs is 1. The van der Waals surface area contributed by atoms with Crippen molar-refractivity contribution in [3.8, 4) is 0 Å². The van der Waals surface area contributed by atoms with E-state index in [1.807, 2.05) is 13.8 Å². The maximum absolute atomic E-state index is 13.6. The van der Waals surface area contributed by atoms with Crippen LogP contribution in [0, 0.1) is 0 Å². The van der Waals surface area contributed by atoms with Gasteiger partial charge in [0, 0.05) is 18.7 Å². The minimum absolute atomic E-state index is 0.0478. The first-order valence-corrected chi connectivity index (χ1v) is 10.7. The van der Waals surface area contributed by atoms with Crippen molar-refractivity contribution in [3.05, 3.63) is 22.3 Å². The van der Waals surface area contributed by atoms with E-state index < -0.39 is 12.2 Å². The van der Waals surface area contributed by atoms with Crippen LogP contribution in [0.5, 0.6) is 0 Å². The van der Waals surface area contributed by atoms with Gasteiger partial charge in [0.2, 0.25) is 0 Å². The summed E-state index contributed by atoms with van der Waals surface area (Å²) in [4.78, 5) is 15.3. The van der Waals surface area contributed by atoms with Crippen LogP contribution in [0.15, 0.2) is 6.07 Å². The molecule has 29 heavy (non-hydrogen) atoms. The molecule has 11 heteroatoms. The molecule has 0 unspecified atom stereocenters. The van der Waals surface area contributed by atoms with Crippen molar-refractivity contribution in [2.75, 3.05) is 11.9 Å². The molecule has 0 saturated carbocycles. The Kier molecular flexibility index (Phi) is 5.26. The van der Waals surface area contributed by atoms with Gasteiger partial charge >= 0.3 is 6.18 Å². The van der Waals surface area contributed by atoms with E-state index in [1.54, 1.807) is 11.0 Å². The second-order valence-electron chi connectivity index (χ2n) is 7.50. The lowest BCUT2D eigenvalue weighted by Crippen LogP contribution is -2.39. The Morgan fingerprint density at radius 2 is 2.17 bits per heavy atom. The molecule has 7 nitrogen and oxygen atoms in total. The molecule has 0 spiro atoms. The van der Waals surface area contributed by atoms with E-state index in [9.17, 15) is 18.0 Å². The minimum atomic E-state index is -4.37. The van der Waals surface area contributed by atoms with Crippen molar-refractivity contribution in [2.45, 2.75) is 70.3 Å². The maximum Gasteiger partial charge on any atom is 0.410 e. The number of carbonyl (C=O) groups is 1. The lowest BCUT2D eigenvalue weighted by atomic mass is 10.0. The monoisotopic (exact) mass is 428 g/mol. The SMILES string of the molecule is CCc1nnsc1C(=O)N1CCC[C@H]1c1cc2n(n1)[C@@H](C(F)(F)F)C[C@@H](CC)N2. The molecule has 1 amide bonds. The van der Waals surface area contributed by atoms with Crippen molar-refractivity contribution in [1.29, 1.82) is 0 Å². The van der Waals surface area contributed by atoms with Crippen LogP contribution >= 0.6 is 11.5 Å². The normalized spacial score (nSPS) is 24.4. The molecule has 0 radical (unpaired) electrons. The molecule has 0 aliphatic carbocycles. The van der Waals surface area contributed by atoms with Gasteiger partial charge in [-0.05, 0) is 43.6 Å². The molecule has 158 valence electrons. The molecule has 1 N–H and O–H groups in total. The van der Waals surface area contributed by atoms with E-state index >= 15 is 0 Å². The molecule has 2 aliphatic heterocycles. The van der Waals surface area contributed by atoms with Crippen LogP contribution in [-0.2, 0) is 6.42 Å². The first kappa shape index (κ1) is 20.1. The summed E-state index contributed by atoms with van der Waals surface area (Å²) in [5, 5.41) is 11.5. The summed E-state index contributed by atoms with van der Waals surface area (Å²) >= 11 is 1.06. The first-order chi connectivity index (χ1) is 13.8. The molecule has 2 aromatic heterocycles. The average Bonchev–Trinajstić information content (AvgIpc) is 3.43. The van der Waals surface area contributed by atoms with E-state index in [1.165, 1.54) is 0 Å². The topological polar surface area (TPSA) is 75.9 Å². The number of aromatic nitrogens is 4. The van der Waals surface area contributed by atoms with Gasteiger partial charge in [-0.1, -0.05) is 18.3 Å². The summed E-state index contributed by atoms with van der Waals surface area (Å²) in [5.41, 5.74) is 1.15. The summed E-state index contributed by atoms with van der Waals surface area (Å²) in [6, 6.07) is -0.582. The zero-order valence-electron chi connectivity index (χ0n) is 16.2.